The highest BCUT2D eigenvalue weighted by atomic mass is 16.1. The van der Waals surface area contributed by atoms with E-state index in [1.807, 2.05) is 43.5 Å². The van der Waals surface area contributed by atoms with Crippen molar-refractivity contribution in [2.24, 2.45) is 0 Å². The molecule has 1 radical (unpaired) electrons. The quantitative estimate of drug-likeness (QED) is 0.738. The third-order valence-electron chi connectivity index (χ3n) is 2.30. The molecular formula is C13H10NO. The van der Waals surface area contributed by atoms with Crippen molar-refractivity contribution >= 4 is 6.29 Å². The molecule has 0 N–H and O–H groups in total. The highest BCUT2D eigenvalue weighted by Crippen LogP contribution is 2.21. The van der Waals surface area contributed by atoms with Gasteiger partial charge in [-0.1, -0.05) is 18.2 Å². The Morgan fingerprint density at radius 1 is 1.20 bits per heavy atom. The second kappa shape index (κ2) is 4.05. The Bertz CT molecular complexity index is 477. The zero-order chi connectivity index (χ0) is 10.7. The summed E-state index contributed by atoms with van der Waals surface area (Å²) in [4.78, 5) is 14.8. The maximum atomic E-state index is 10.6. The molecule has 0 saturated carbocycles. The second-order valence-corrected chi connectivity index (χ2v) is 3.35. The van der Waals surface area contributed by atoms with Crippen molar-refractivity contribution in [3.63, 3.8) is 0 Å². The highest BCUT2D eigenvalue weighted by Gasteiger charge is 2.03. The molecule has 15 heavy (non-hydrogen) atoms. The first-order valence-electron chi connectivity index (χ1n) is 4.71. The Hall–Kier alpha value is -1.96. The summed E-state index contributed by atoms with van der Waals surface area (Å²) in [5.41, 5.74) is 3.53. The number of benzene rings is 1. The lowest BCUT2D eigenvalue weighted by atomic mass is 10.0. The van der Waals surface area contributed by atoms with Crippen LogP contribution in [0.15, 0.2) is 42.6 Å². The molecule has 0 fully saturated rings. The molecule has 2 rings (SSSR count). The first kappa shape index (κ1) is 9.59. The normalized spacial score (nSPS) is 9.93. The van der Waals surface area contributed by atoms with Gasteiger partial charge in [-0.05, 0) is 30.7 Å². The van der Waals surface area contributed by atoms with Gasteiger partial charge in [-0.3, -0.25) is 9.78 Å². The second-order valence-electron chi connectivity index (χ2n) is 3.35. The van der Waals surface area contributed by atoms with Crippen LogP contribution in [0, 0.1) is 6.92 Å². The highest BCUT2D eigenvalue weighted by molar-refractivity contribution is 5.79. The molecule has 73 valence electrons. The molecule has 0 aliphatic heterocycles. The molecular weight excluding hydrogens is 186 g/mol. The molecule has 1 aromatic carbocycles. The number of aryl methyl sites for hydroxylation is 1. The van der Waals surface area contributed by atoms with Gasteiger partial charge in [0.1, 0.15) is 0 Å². The molecule has 2 nitrogen and oxygen atoms in total. The van der Waals surface area contributed by atoms with E-state index in [9.17, 15) is 4.79 Å². The summed E-state index contributed by atoms with van der Waals surface area (Å²) in [5.74, 6) is 0. The number of rotatable bonds is 2. The van der Waals surface area contributed by atoms with Crippen LogP contribution in [0.25, 0.3) is 11.3 Å². The van der Waals surface area contributed by atoms with Crippen molar-refractivity contribution in [3.05, 3.63) is 53.7 Å². The van der Waals surface area contributed by atoms with Crippen molar-refractivity contribution in [1.82, 2.24) is 4.98 Å². The SMILES string of the molecule is Cc1ccc([C]=O)cc1-c1ccccn1. The fraction of sp³-hybridized carbons (Fsp3) is 0.0769. The van der Waals surface area contributed by atoms with E-state index < -0.39 is 0 Å². The lowest BCUT2D eigenvalue weighted by Crippen LogP contribution is -1.89. The van der Waals surface area contributed by atoms with Crippen LogP contribution in [-0.4, -0.2) is 11.3 Å². The van der Waals surface area contributed by atoms with Gasteiger partial charge in [0.2, 0.25) is 6.29 Å². The van der Waals surface area contributed by atoms with E-state index in [0.29, 0.717) is 5.56 Å². The van der Waals surface area contributed by atoms with Crippen molar-refractivity contribution in [3.8, 4) is 11.3 Å². The van der Waals surface area contributed by atoms with E-state index in [4.69, 9.17) is 0 Å². The number of nitrogens with zero attached hydrogens (tertiary/aromatic N) is 1. The van der Waals surface area contributed by atoms with Gasteiger partial charge in [0.05, 0.1) is 5.69 Å². The minimum absolute atomic E-state index is 0.557. The summed E-state index contributed by atoms with van der Waals surface area (Å²) >= 11 is 0. The Morgan fingerprint density at radius 3 is 2.73 bits per heavy atom. The van der Waals surface area contributed by atoms with E-state index in [2.05, 4.69) is 4.98 Å². The van der Waals surface area contributed by atoms with Crippen molar-refractivity contribution in [2.75, 3.05) is 0 Å². The smallest absolute Gasteiger partial charge is 0.233 e. The molecule has 0 spiro atoms. The lowest BCUT2D eigenvalue weighted by Gasteiger charge is -2.04. The van der Waals surface area contributed by atoms with Gasteiger partial charge in [-0.25, -0.2) is 0 Å². The molecule has 2 aromatic rings. The molecule has 0 bridgehead atoms. The van der Waals surface area contributed by atoms with Crippen LogP contribution in [0.1, 0.15) is 11.1 Å². The predicted octanol–water partition coefficient (Wildman–Crippen LogP) is 2.51. The van der Waals surface area contributed by atoms with Crippen LogP contribution >= 0.6 is 0 Å². The van der Waals surface area contributed by atoms with Gasteiger partial charge in [0.15, 0.2) is 0 Å². The van der Waals surface area contributed by atoms with Crippen LogP contribution in [-0.2, 0) is 4.79 Å². The Morgan fingerprint density at radius 2 is 2.07 bits per heavy atom. The maximum absolute atomic E-state index is 10.6. The van der Waals surface area contributed by atoms with E-state index >= 15 is 0 Å². The van der Waals surface area contributed by atoms with E-state index in [-0.39, 0.29) is 0 Å². The van der Waals surface area contributed by atoms with Gasteiger partial charge in [-0.15, -0.1) is 0 Å². The van der Waals surface area contributed by atoms with Gasteiger partial charge in [-0.2, -0.15) is 0 Å². The molecule has 0 aliphatic carbocycles. The van der Waals surface area contributed by atoms with Crippen molar-refractivity contribution < 1.29 is 4.79 Å². The van der Waals surface area contributed by atoms with E-state index in [1.54, 1.807) is 12.3 Å². The average Bonchev–Trinajstić information content (AvgIpc) is 2.31. The lowest BCUT2D eigenvalue weighted by molar-refractivity contribution is 0.563. The largest absolute Gasteiger partial charge is 0.285 e. The van der Waals surface area contributed by atoms with Crippen LogP contribution in [0.5, 0.6) is 0 Å². The van der Waals surface area contributed by atoms with Crippen LogP contribution < -0.4 is 0 Å². The molecule has 1 aromatic heterocycles. The molecule has 0 saturated heterocycles. The van der Waals surface area contributed by atoms with Gasteiger partial charge >= 0.3 is 0 Å². The van der Waals surface area contributed by atoms with Crippen LogP contribution in [0.2, 0.25) is 0 Å². The number of aromatic nitrogens is 1. The monoisotopic (exact) mass is 196 g/mol. The van der Waals surface area contributed by atoms with Crippen molar-refractivity contribution in [1.29, 1.82) is 0 Å². The molecule has 0 amide bonds. The van der Waals surface area contributed by atoms with Gasteiger partial charge in [0.25, 0.3) is 0 Å². The fourth-order valence-electron chi connectivity index (χ4n) is 1.48. The molecule has 0 atom stereocenters. The standard InChI is InChI=1S/C13H10NO/c1-10-5-6-11(9-15)8-12(10)13-4-2-3-7-14-13/h2-8H,1H3. The summed E-state index contributed by atoms with van der Waals surface area (Å²) in [6.45, 7) is 2.00. The molecule has 0 unspecified atom stereocenters. The minimum atomic E-state index is 0.557. The summed E-state index contributed by atoms with van der Waals surface area (Å²) < 4.78 is 0. The summed E-state index contributed by atoms with van der Waals surface area (Å²) in [5, 5.41) is 0. The number of pyridine rings is 1. The first-order valence-corrected chi connectivity index (χ1v) is 4.71. The fourth-order valence-corrected chi connectivity index (χ4v) is 1.48. The van der Waals surface area contributed by atoms with Crippen molar-refractivity contribution in [2.45, 2.75) is 6.92 Å². The average molecular weight is 196 g/mol. The number of carbonyl (C=O) groups excluding carboxylic acids is 1. The Kier molecular flexibility index (Phi) is 2.59. The third kappa shape index (κ3) is 1.94. The summed E-state index contributed by atoms with van der Waals surface area (Å²) in [6, 6.07) is 11.2. The Labute approximate surface area is 88.6 Å². The Balaban J connectivity index is 2.57. The third-order valence-corrected chi connectivity index (χ3v) is 2.30. The zero-order valence-corrected chi connectivity index (χ0v) is 8.40. The molecule has 1 heterocycles. The van der Waals surface area contributed by atoms with Gasteiger partial charge in [0, 0.05) is 17.3 Å². The molecule has 0 aliphatic rings. The van der Waals surface area contributed by atoms with E-state index in [0.717, 1.165) is 16.8 Å². The summed E-state index contributed by atoms with van der Waals surface area (Å²) in [6.07, 6.45) is 3.63. The van der Waals surface area contributed by atoms with Crippen LogP contribution in [0.3, 0.4) is 0 Å². The minimum Gasteiger partial charge on any atom is -0.285 e. The predicted molar refractivity (Wildman–Crippen MR) is 59.2 cm³/mol. The molecule has 2 heteroatoms. The first-order chi connectivity index (χ1) is 7.31. The maximum Gasteiger partial charge on any atom is 0.233 e. The number of hydrogen-bond donors (Lipinski definition) is 0. The van der Waals surface area contributed by atoms with Gasteiger partial charge < -0.3 is 0 Å². The van der Waals surface area contributed by atoms with E-state index in [1.165, 1.54) is 0 Å². The summed E-state index contributed by atoms with van der Waals surface area (Å²) in [7, 11) is 0. The van der Waals surface area contributed by atoms with Crippen LogP contribution in [0.4, 0.5) is 0 Å². The topological polar surface area (TPSA) is 30.0 Å². The zero-order valence-electron chi connectivity index (χ0n) is 8.40. The number of hydrogen-bond acceptors (Lipinski definition) is 2.